The van der Waals surface area contributed by atoms with Crippen LogP contribution < -0.4 is 0 Å². The van der Waals surface area contributed by atoms with Crippen LogP contribution in [0.4, 0.5) is 0 Å². The van der Waals surface area contributed by atoms with E-state index in [1.807, 2.05) is 35.2 Å². The summed E-state index contributed by atoms with van der Waals surface area (Å²) < 4.78 is 5.47. The number of amides is 1. The number of carbonyl (C=O) groups is 1. The molecule has 1 unspecified atom stereocenters. The summed E-state index contributed by atoms with van der Waals surface area (Å²) in [6.45, 7) is 2.09. The predicted octanol–water partition coefficient (Wildman–Crippen LogP) is 2.59. The molecule has 98 valence electrons. The molecule has 1 atom stereocenters. The molecule has 1 heterocycles. The molecule has 1 fully saturated rings. The standard InChI is InChI=1S/C14H18BrNO2/c15-8-9-16(11-12-5-2-1-3-6-12)14(17)13-7-4-10-18-13/h1-3,5-6,13H,4,7-11H2. The van der Waals surface area contributed by atoms with Gasteiger partial charge in [0, 0.05) is 25.0 Å². The van der Waals surface area contributed by atoms with Gasteiger partial charge < -0.3 is 9.64 Å². The van der Waals surface area contributed by atoms with Crippen LogP contribution in [0, 0.1) is 0 Å². The van der Waals surface area contributed by atoms with Crippen molar-refractivity contribution in [1.82, 2.24) is 4.90 Å². The van der Waals surface area contributed by atoms with E-state index in [0.717, 1.165) is 23.7 Å². The molecule has 1 amide bonds. The third-order valence-electron chi connectivity index (χ3n) is 3.09. The highest BCUT2D eigenvalue weighted by Gasteiger charge is 2.27. The molecule has 1 saturated heterocycles. The number of ether oxygens (including phenoxy) is 1. The summed E-state index contributed by atoms with van der Waals surface area (Å²) >= 11 is 3.41. The topological polar surface area (TPSA) is 29.5 Å². The molecule has 3 nitrogen and oxygen atoms in total. The van der Waals surface area contributed by atoms with Gasteiger partial charge in [-0.2, -0.15) is 0 Å². The molecule has 0 bridgehead atoms. The lowest BCUT2D eigenvalue weighted by Gasteiger charge is -2.24. The van der Waals surface area contributed by atoms with Crippen molar-refractivity contribution in [3.05, 3.63) is 35.9 Å². The largest absolute Gasteiger partial charge is 0.368 e. The molecule has 4 heteroatoms. The Labute approximate surface area is 116 Å². The highest BCUT2D eigenvalue weighted by Crippen LogP contribution is 2.16. The van der Waals surface area contributed by atoms with Crippen molar-refractivity contribution >= 4 is 21.8 Å². The number of rotatable bonds is 5. The van der Waals surface area contributed by atoms with Crippen molar-refractivity contribution in [2.24, 2.45) is 0 Å². The van der Waals surface area contributed by atoms with Crippen molar-refractivity contribution in [3.63, 3.8) is 0 Å². The molecule has 2 rings (SSSR count). The maximum Gasteiger partial charge on any atom is 0.252 e. The van der Waals surface area contributed by atoms with Crippen LogP contribution in [0.5, 0.6) is 0 Å². The van der Waals surface area contributed by atoms with Crippen molar-refractivity contribution in [2.45, 2.75) is 25.5 Å². The number of alkyl halides is 1. The van der Waals surface area contributed by atoms with Gasteiger partial charge in [-0.25, -0.2) is 0 Å². The van der Waals surface area contributed by atoms with Gasteiger partial charge in [0.15, 0.2) is 0 Å². The van der Waals surface area contributed by atoms with Crippen LogP contribution >= 0.6 is 15.9 Å². The van der Waals surface area contributed by atoms with E-state index in [2.05, 4.69) is 15.9 Å². The van der Waals surface area contributed by atoms with Gasteiger partial charge in [-0.05, 0) is 18.4 Å². The minimum Gasteiger partial charge on any atom is -0.368 e. The Morgan fingerprint density at radius 3 is 2.78 bits per heavy atom. The van der Waals surface area contributed by atoms with Gasteiger partial charge in [0.1, 0.15) is 6.10 Å². The second kappa shape index (κ2) is 6.90. The molecular weight excluding hydrogens is 294 g/mol. The molecule has 0 spiro atoms. The zero-order valence-corrected chi connectivity index (χ0v) is 11.9. The van der Waals surface area contributed by atoms with Crippen molar-refractivity contribution in [3.8, 4) is 0 Å². The SMILES string of the molecule is O=C(C1CCCO1)N(CCBr)Cc1ccccc1. The lowest BCUT2D eigenvalue weighted by atomic mass is 10.1. The Bertz CT molecular complexity index is 377. The third kappa shape index (κ3) is 3.56. The second-order valence-electron chi connectivity index (χ2n) is 4.44. The van der Waals surface area contributed by atoms with Crippen LogP contribution in [0.1, 0.15) is 18.4 Å². The van der Waals surface area contributed by atoms with E-state index in [0.29, 0.717) is 19.7 Å². The number of benzene rings is 1. The number of carbonyl (C=O) groups excluding carboxylic acids is 1. The van der Waals surface area contributed by atoms with E-state index in [4.69, 9.17) is 4.74 Å². The van der Waals surface area contributed by atoms with E-state index in [1.165, 1.54) is 0 Å². The van der Waals surface area contributed by atoms with E-state index in [9.17, 15) is 4.79 Å². The molecule has 18 heavy (non-hydrogen) atoms. The van der Waals surface area contributed by atoms with E-state index in [1.54, 1.807) is 0 Å². The summed E-state index contributed by atoms with van der Waals surface area (Å²) in [5.74, 6) is 0.121. The quantitative estimate of drug-likeness (QED) is 0.782. The summed E-state index contributed by atoms with van der Waals surface area (Å²) in [5.41, 5.74) is 1.16. The maximum atomic E-state index is 12.3. The fourth-order valence-corrected chi connectivity index (χ4v) is 2.58. The smallest absolute Gasteiger partial charge is 0.252 e. The van der Waals surface area contributed by atoms with Gasteiger partial charge in [0.2, 0.25) is 0 Å². The van der Waals surface area contributed by atoms with Gasteiger partial charge in [0.25, 0.3) is 5.91 Å². The van der Waals surface area contributed by atoms with E-state index >= 15 is 0 Å². The number of hydrogen-bond donors (Lipinski definition) is 0. The zero-order chi connectivity index (χ0) is 12.8. The van der Waals surface area contributed by atoms with E-state index in [-0.39, 0.29) is 12.0 Å². The summed E-state index contributed by atoms with van der Waals surface area (Å²) in [5, 5.41) is 0.790. The second-order valence-corrected chi connectivity index (χ2v) is 5.23. The highest BCUT2D eigenvalue weighted by molar-refractivity contribution is 9.09. The molecule has 0 aromatic heterocycles. The number of halogens is 1. The van der Waals surface area contributed by atoms with Gasteiger partial charge in [-0.3, -0.25) is 4.79 Å². The Balaban J connectivity index is 2.00. The first-order valence-corrected chi connectivity index (χ1v) is 7.43. The predicted molar refractivity (Wildman–Crippen MR) is 74.6 cm³/mol. The highest BCUT2D eigenvalue weighted by atomic mass is 79.9. The fraction of sp³-hybridized carbons (Fsp3) is 0.500. The Morgan fingerprint density at radius 1 is 1.39 bits per heavy atom. The Hall–Kier alpha value is -0.870. The first-order valence-electron chi connectivity index (χ1n) is 6.31. The van der Waals surface area contributed by atoms with Crippen LogP contribution in [0.3, 0.4) is 0 Å². The first-order chi connectivity index (χ1) is 8.81. The van der Waals surface area contributed by atoms with Gasteiger partial charge in [0.05, 0.1) is 0 Å². The lowest BCUT2D eigenvalue weighted by molar-refractivity contribution is -0.141. The van der Waals surface area contributed by atoms with Crippen LogP contribution in [-0.4, -0.2) is 35.4 Å². The summed E-state index contributed by atoms with van der Waals surface area (Å²) in [4.78, 5) is 14.2. The minimum atomic E-state index is -0.229. The Morgan fingerprint density at radius 2 is 2.17 bits per heavy atom. The Kier molecular flexibility index (Phi) is 5.20. The number of hydrogen-bond acceptors (Lipinski definition) is 2. The average Bonchev–Trinajstić information content (AvgIpc) is 2.92. The molecule has 0 radical (unpaired) electrons. The van der Waals surface area contributed by atoms with Gasteiger partial charge in [-0.1, -0.05) is 46.3 Å². The van der Waals surface area contributed by atoms with Crippen LogP contribution in [-0.2, 0) is 16.1 Å². The normalized spacial score (nSPS) is 18.8. The van der Waals surface area contributed by atoms with Crippen molar-refractivity contribution in [1.29, 1.82) is 0 Å². The summed E-state index contributed by atoms with van der Waals surface area (Å²) in [7, 11) is 0. The molecular formula is C14H18BrNO2. The summed E-state index contributed by atoms with van der Waals surface area (Å²) in [6, 6.07) is 10.1. The molecule has 0 N–H and O–H groups in total. The zero-order valence-electron chi connectivity index (χ0n) is 10.3. The molecule has 1 aromatic rings. The van der Waals surface area contributed by atoms with Crippen LogP contribution in [0.15, 0.2) is 30.3 Å². The molecule has 1 aliphatic rings. The van der Waals surface area contributed by atoms with Gasteiger partial charge >= 0.3 is 0 Å². The molecule has 0 saturated carbocycles. The fourth-order valence-electron chi connectivity index (χ4n) is 2.15. The van der Waals surface area contributed by atoms with E-state index < -0.39 is 0 Å². The third-order valence-corrected chi connectivity index (χ3v) is 3.44. The van der Waals surface area contributed by atoms with Crippen LogP contribution in [0.2, 0.25) is 0 Å². The summed E-state index contributed by atoms with van der Waals surface area (Å²) in [6.07, 6.45) is 1.61. The average molecular weight is 312 g/mol. The van der Waals surface area contributed by atoms with Gasteiger partial charge in [-0.15, -0.1) is 0 Å². The minimum absolute atomic E-state index is 0.121. The van der Waals surface area contributed by atoms with Crippen molar-refractivity contribution in [2.75, 3.05) is 18.5 Å². The van der Waals surface area contributed by atoms with Crippen molar-refractivity contribution < 1.29 is 9.53 Å². The first kappa shape index (κ1) is 13.6. The lowest BCUT2D eigenvalue weighted by Crippen LogP contribution is -2.39. The molecule has 1 aliphatic heterocycles. The number of nitrogens with zero attached hydrogens (tertiary/aromatic N) is 1. The molecule has 1 aromatic carbocycles. The maximum absolute atomic E-state index is 12.3. The van der Waals surface area contributed by atoms with Crippen LogP contribution in [0.25, 0.3) is 0 Å². The molecule has 0 aliphatic carbocycles. The monoisotopic (exact) mass is 311 g/mol.